The van der Waals surface area contributed by atoms with Gasteiger partial charge < -0.3 is 14.6 Å². The molecule has 1 heterocycles. The number of carbonyl (C=O) groups is 1. The molecule has 1 fully saturated rings. The standard InChI is InChI=1S/C19H22N2O2/c1-23-17-4-5-18-15(10-17)6-7-21(18)12-19(22)20-11-16-9-13-2-3-14(16)8-13/h2-7,10,13-14,16H,8-9,11-12H2,1H3,(H,20,22)/t13-,14+,16+/m1/s1. The monoisotopic (exact) mass is 310 g/mol. The highest BCUT2D eigenvalue weighted by molar-refractivity contribution is 5.84. The van der Waals surface area contributed by atoms with Crippen LogP contribution < -0.4 is 10.1 Å². The summed E-state index contributed by atoms with van der Waals surface area (Å²) in [6.45, 7) is 1.17. The highest BCUT2D eigenvalue weighted by atomic mass is 16.5. The molecule has 0 aliphatic heterocycles. The average Bonchev–Trinajstić information content (AvgIpc) is 3.28. The van der Waals surface area contributed by atoms with Crippen molar-refractivity contribution in [3.63, 3.8) is 0 Å². The van der Waals surface area contributed by atoms with Gasteiger partial charge in [-0.2, -0.15) is 0 Å². The molecule has 3 atom stereocenters. The SMILES string of the molecule is COc1ccc2c(ccn2CC(=O)NC[C@@H]2C[C@@H]3C=C[C@H]2C3)c1. The van der Waals surface area contributed by atoms with Crippen LogP contribution in [-0.4, -0.2) is 24.1 Å². The van der Waals surface area contributed by atoms with Crippen LogP contribution in [0.25, 0.3) is 10.9 Å². The number of allylic oxidation sites excluding steroid dienone is 2. The molecular formula is C19H22N2O2. The number of amides is 1. The van der Waals surface area contributed by atoms with Gasteiger partial charge in [0.25, 0.3) is 0 Å². The lowest BCUT2D eigenvalue weighted by Gasteiger charge is -2.18. The van der Waals surface area contributed by atoms with E-state index in [0.29, 0.717) is 18.4 Å². The zero-order chi connectivity index (χ0) is 15.8. The Hall–Kier alpha value is -2.23. The molecule has 0 radical (unpaired) electrons. The summed E-state index contributed by atoms with van der Waals surface area (Å²) in [5.74, 6) is 2.99. The zero-order valence-electron chi connectivity index (χ0n) is 13.4. The van der Waals surface area contributed by atoms with Crippen LogP contribution in [0.3, 0.4) is 0 Å². The summed E-state index contributed by atoms with van der Waals surface area (Å²) in [5.41, 5.74) is 1.06. The van der Waals surface area contributed by atoms with Crippen molar-refractivity contribution in [1.29, 1.82) is 0 Å². The third kappa shape index (κ3) is 2.74. The molecule has 1 saturated carbocycles. The van der Waals surface area contributed by atoms with Crippen LogP contribution in [0.1, 0.15) is 12.8 Å². The number of hydrogen-bond acceptors (Lipinski definition) is 2. The van der Waals surface area contributed by atoms with E-state index in [1.165, 1.54) is 12.8 Å². The molecule has 0 saturated heterocycles. The minimum Gasteiger partial charge on any atom is -0.497 e. The zero-order valence-corrected chi connectivity index (χ0v) is 13.4. The van der Waals surface area contributed by atoms with Crippen molar-refractivity contribution in [2.45, 2.75) is 19.4 Å². The van der Waals surface area contributed by atoms with Crippen LogP contribution in [0.4, 0.5) is 0 Å². The van der Waals surface area contributed by atoms with Gasteiger partial charge in [-0.1, -0.05) is 12.2 Å². The first kappa shape index (κ1) is 14.4. The number of aromatic nitrogens is 1. The largest absolute Gasteiger partial charge is 0.497 e. The molecule has 120 valence electrons. The summed E-state index contributed by atoms with van der Waals surface area (Å²) in [6.07, 6.45) is 9.14. The molecule has 1 amide bonds. The van der Waals surface area contributed by atoms with Gasteiger partial charge in [0.05, 0.1) is 7.11 Å². The first-order chi connectivity index (χ1) is 11.2. The van der Waals surface area contributed by atoms with Gasteiger partial charge in [0.15, 0.2) is 0 Å². The maximum atomic E-state index is 12.3. The van der Waals surface area contributed by atoms with Gasteiger partial charge in [-0.3, -0.25) is 4.79 Å². The van der Waals surface area contributed by atoms with E-state index in [4.69, 9.17) is 4.74 Å². The minimum atomic E-state index is 0.0880. The topological polar surface area (TPSA) is 43.3 Å². The Labute approximate surface area is 136 Å². The van der Waals surface area contributed by atoms with E-state index in [0.717, 1.165) is 29.1 Å². The molecule has 1 aromatic carbocycles. The Kier molecular flexibility index (Phi) is 3.60. The van der Waals surface area contributed by atoms with E-state index in [1.807, 2.05) is 35.0 Å². The lowest BCUT2D eigenvalue weighted by molar-refractivity contribution is -0.121. The predicted molar refractivity (Wildman–Crippen MR) is 90.3 cm³/mol. The third-order valence-electron chi connectivity index (χ3n) is 5.27. The van der Waals surface area contributed by atoms with Crippen LogP contribution in [0.5, 0.6) is 5.75 Å². The number of ether oxygens (including phenoxy) is 1. The highest BCUT2D eigenvalue weighted by Crippen LogP contribution is 2.42. The Balaban J connectivity index is 1.38. The Morgan fingerprint density at radius 3 is 2.96 bits per heavy atom. The molecule has 0 unspecified atom stereocenters. The van der Waals surface area contributed by atoms with Gasteiger partial charge in [-0.25, -0.2) is 0 Å². The van der Waals surface area contributed by atoms with Gasteiger partial charge in [-0.05, 0) is 54.9 Å². The second-order valence-corrected chi connectivity index (χ2v) is 6.71. The summed E-state index contributed by atoms with van der Waals surface area (Å²) in [5, 5.41) is 4.21. The maximum Gasteiger partial charge on any atom is 0.239 e. The molecule has 2 aromatic rings. The first-order valence-electron chi connectivity index (χ1n) is 8.31. The fraction of sp³-hybridized carbons (Fsp3) is 0.421. The van der Waals surface area contributed by atoms with Crippen molar-refractivity contribution in [1.82, 2.24) is 9.88 Å². The maximum absolute atomic E-state index is 12.3. The summed E-state index contributed by atoms with van der Waals surface area (Å²) in [7, 11) is 1.66. The molecule has 23 heavy (non-hydrogen) atoms. The number of hydrogen-bond donors (Lipinski definition) is 1. The lowest BCUT2D eigenvalue weighted by Crippen LogP contribution is -2.33. The minimum absolute atomic E-state index is 0.0880. The normalized spacial score (nSPS) is 25.2. The Morgan fingerprint density at radius 2 is 2.22 bits per heavy atom. The molecule has 1 N–H and O–H groups in total. The van der Waals surface area contributed by atoms with E-state index < -0.39 is 0 Å². The number of nitrogens with zero attached hydrogens (tertiary/aromatic N) is 1. The highest BCUT2D eigenvalue weighted by Gasteiger charge is 2.35. The number of carbonyl (C=O) groups excluding carboxylic acids is 1. The van der Waals surface area contributed by atoms with Gasteiger partial charge >= 0.3 is 0 Å². The average molecular weight is 310 g/mol. The van der Waals surface area contributed by atoms with Crippen molar-refractivity contribution >= 4 is 16.8 Å². The van der Waals surface area contributed by atoms with E-state index in [-0.39, 0.29) is 5.91 Å². The molecule has 4 heteroatoms. The van der Waals surface area contributed by atoms with Crippen molar-refractivity contribution in [2.75, 3.05) is 13.7 Å². The molecule has 4 rings (SSSR count). The molecule has 1 aromatic heterocycles. The summed E-state index contributed by atoms with van der Waals surface area (Å²) in [6, 6.07) is 7.94. The second kappa shape index (κ2) is 5.76. The molecule has 2 aliphatic rings. The number of nitrogens with one attached hydrogen (secondary N) is 1. The summed E-state index contributed by atoms with van der Waals surface area (Å²) >= 11 is 0. The quantitative estimate of drug-likeness (QED) is 0.863. The number of rotatable bonds is 5. The van der Waals surface area contributed by atoms with Crippen molar-refractivity contribution in [2.24, 2.45) is 17.8 Å². The van der Waals surface area contributed by atoms with Crippen LogP contribution in [0.15, 0.2) is 42.6 Å². The van der Waals surface area contributed by atoms with Gasteiger partial charge in [0.2, 0.25) is 5.91 Å². The molecule has 0 spiro atoms. The second-order valence-electron chi connectivity index (χ2n) is 6.71. The Bertz CT molecular complexity index is 762. The van der Waals surface area contributed by atoms with E-state index in [9.17, 15) is 4.79 Å². The number of methoxy groups -OCH3 is 1. The van der Waals surface area contributed by atoms with Gasteiger partial charge in [-0.15, -0.1) is 0 Å². The van der Waals surface area contributed by atoms with Crippen LogP contribution in [-0.2, 0) is 11.3 Å². The van der Waals surface area contributed by atoms with Crippen molar-refractivity contribution in [3.8, 4) is 5.75 Å². The van der Waals surface area contributed by atoms with E-state index in [2.05, 4.69) is 17.5 Å². The summed E-state index contributed by atoms with van der Waals surface area (Å²) < 4.78 is 7.23. The number of fused-ring (bicyclic) bond motifs is 3. The summed E-state index contributed by atoms with van der Waals surface area (Å²) in [4.78, 5) is 12.3. The van der Waals surface area contributed by atoms with Crippen molar-refractivity contribution < 1.29 is 9.53 Å². The molecule has 2 bridgehead atoms. The van der Waals surface area contributed by atoms with E-state index in [1.54, 1.807) is 7.11 Å². The van der Waals surface area contributed by atoms with Gasteiger partial charge in [0.1, 0.15) is 12.3 Å². The van der Waals surface area contributed by atoms with E-state index >= 15 is 0 Å². The Morgan fingerprint density at radius 1 is 1.30 bits per heavy atom. The van der Waals surface area contributed by atoms with Crippen LogP contribution in [0.2, 0.25) is 0 Å². The predicted octanol–water partition coefficient (Wildman–Crippen LogP) is 2.98. The fourth-order valence-corrected chi connectivity index (χ4v) is 4.03. The molecule has 4 nitrogen and oxygen atoms in total. The van der Waals surface area contributed by atoms with Crippen LogP contribution >= 0.6 is 0 Å². The third-order valence-corrected chi connectivity index (χ3v) is 5.27. The van der Waals surface area contributed by atoms with Crippen LogP contribution in [0, 0.1) is 17.8 Å². The van der Waals surface area contributed by atoms with Crippen molar-refractivity contribution in [3.05, 3.63) is 42.6 Å². The number of benzene rings is 1. The smallest absolute Gasteiger partial charge is 0.239 e. The van der Waals surface area contributed by atoms with Gasteiger partial charge in [0, 0.05) is 23.6 Å². The molecular weight excluding hydrogens is 288 g/mol. The first-order valence-corrected chi connectivity index (χ1v) is 8.31. The fourth-order valence-electron chi connectivity index (χ4n) is 4.03. The lowest BCUT2D eigenvalue weighted by atomic mass is 9.94. The molecule has 2 aliphatic carbocycles.